The molecule has 29 nitrogen and oxygen atoms in total. The van der Waals surface area contributed by atoms with Gasteiger partial charge in [0.2, 0.25) is 15.7 Å². The molecule has 21 rings (SSSR count). The van der Waals surface area contributed by atoms with E-state index in [0.717, 1.165) is 229 Å². The molecule has 5 aliphatic heterocycles. The molecule has 0 bridgehead atoms. The van der Waals surface area contributed by atoms with Gasteiger partial charge in [-0.15, -0.1) is 11.3 Å². The number of anilines is 7. The maximum atomic E-state index is 14.3. The lowest BCUT2D eigenvalue weighted by Crippen LogP contribution is -2.55. The first-order chi connectivity index (χ1) is 70.5. The molecule has 15 aromatic rings. The predicted molar refractivity (Wildman–Crippen MR) is 579 cm³/mol. The van der Waals surface area contributed by atoms with E-state index in [-0.39, 0.29) is 37.1 Å². The van der Waals surface area contributed by atoms with Gasteiger partial charge in [0.1, 0.15) is 33.6 Å². The van der Waals surface area contributed by atoms with Gasteiger partial charge in [-0.05, 0) is 254 Å². The molecule has 147 heavy (non-hydrogen) atoms. The number of aryl methyl sites for hydroxylation is 2. The van der Waals surface area contributed by atoms with E-state index in [9.17, 15) is 43.6 Å². The number of nitrogens with zero attached hydrogens (tertiary/aromatic N) is 10. The Bertz CT molecular complexity index is 7790. The number of amidine groups is 1. The number of fused-ring (bicyclic) bond motifs is 9. The normalized spacial score (nSPS) is 16.4. The van der Waals surface area contributed by atoms with E-state index in [1.165, 1.54) is 47.0 Å². The Kier molecular flexibility index (Phi) is 33.3. The third-order valence-electron chi connectivity index (χ3n) is 26.9. The van der Waals surface area contributed by atoms with Crippen LogP contribution in [0.2, 0.25) is 10.0 Å². The van der Waals surface area contributed by atoms with E-state index in [0.29, 0.717) is 56.6 Å². The van der Waals surface area contributed by atoms with E-state index >= 15 is 0 Å². The Balaban J connectivity index is 0.000000130. The minimum atomic E-state index is -3.82. The number of carboxylic acids is 2. The number of benzene rings is 11. The second-order valence-electron chi connectivity index (χ2n) is 37.0. The number of nitrogen functional groups attached to an aromatic ring is 1. The first kappa shape index (κ1) is 106. The van der Waals surface area contributed by atoms with Crippen LogP contribution in [-0.2, 0) is 80.2 Å². The number of hydrogen-bond acceptors (Lipinski definition) is 24. The molecule has 8 N–H and O–H groups in total. The molecule has 0 saturated carbocycles. The number of carboxylic acid groups (broad SMARTS) is 2. The van der Waals surface area contributed by atoms with Gasteiger partial charge in [-0.3, -0.25) is 24.2 Å². The molecule has 1 aliphatic carbocycles. The van der Waals surface area contributed by atoms with Crippen molar-refractivity contribution in [3.05, 3.63) is 321 Å². The van der Waals surface area contributed by atoms with Crippen LogP contribution in [0.1, 0.15) is 74.9 Å². The molecular formula is C110H115Cl2F2N15O14S4. The number of sulfonamides is 1. The van der Waals surface area contributed by atoms with Gasteiger partial charge in [-0.25, -0.2) is 52.6 Å². The molecule has 1 unspecified atom stereocenters. The van der Waals surface area contributed by atoms with E-state index < -0.39 is 53.1 Å². The summed E-state index contributed by atoms with van der Waals surface area (Å²) in [4.78, 5) is 76.4. The number of Topliss-reactive ketones (excluding diaryl/α,β-unsaturated/α-hetero) is 1. The van der Waals surface area contributed by atoms with Crippen LogP contribution in [-0.4, -0.2) is 232 Å². The third kappa shape index (κ3) is 23.9. The van der Waals surface area contributed by atoms with Crippen LogP contribution in [0.3, 0.4) is 0 Å². The molecule has 1 amide bonds. The number of para-hydroxylation sites is 2. The Morgan fingerprint density at radius 3 is 2.05 bits per heavy atom. The number of carbonyl (C=O) groups excluding carboxylic acids is 2. The van der Waals surface area contributed by atoms with Crippen molar-refractivity contribution in [3.63, 3.8) is 0 Å². The van der Waals surface area contributed by atoms with E-state index in [2.05, 4.69) is 81.8 Å². The van der Waals surface area contributed by atoms with Crippen molar-refractivity contribution in [1.82, 2.24) is 38.9 Å². The number of aliphatic carboxylic acids is 2. The third-order valence-corrected chi connectivity index (χ3v) is 33.3. The Morgan fingerprint density at radius 1 is 0.653 bits per heavy atom. The summed E-state index contributed by atoms with van der Waals surface area (Å²) in [5, 5.41) is 28.1. The number of hydrogen-bond donors (Lipinski definition) is 7. The fraction of sp³-hybridized carbons (Fsp3) is 0.273. The van der Waals surface area contributed by atoms with Gasteiger partial charge in [-0.2, -0.15) is 0 Å². The Labute approximate surface area is 867 Å². The molecule has 0 spiro atoms. The molecule has 3 fully saturated rings. The molecule has 766 valence electrons. The molecule has 3 saturated heterocycles. The monoisotopic (exact) mass is 2110 g/mol. The minimum Gasteiger partial charge on any atom is -0.497 e. The van der Waals surface area contributed by atoms with Crippen molar-refractivity contribution in [2.45, 2.75) is 90.0 Å². The summed E-state index contributed by atoms with van der Waals surface area (Å²) in [5.41, 5.74) is 18.3. The van der Waals surface area contributed by atoms with E-state index in [4.69, 9.17) is 63.2 Å². The minimum absolute atomic E-state index is 0.0659. The van der Waals surface area contributed by atoms with Crippen molar-refractivity contribution in [3.8, 4) is 5.75 Å². The number of aliphatic imine (C=N–C) groups is 1. The molecule has 9 heterocycles. The second kappa shape index (κ2) is 46.2. The molecule has 4 aromatic heterocycles. The van der Waals surface area contributed by atoms with Crippen molar-refractivity contribution in [1.29, 1.82) is 0 Å². The van der Waals surface area contributed by atoms with Gasteiger partial charge < -0.3 is 70.4 Å². The number of nitrogens with two attached hydrogens (primary N) is 1. The number of ketones is 1. The number of aromatic amines is 1. The van der Waals surface area contributed by atoms with Gasteiger partial charge in [0.15, 0.2) is 5.78 Å². The maximum absolute atomic E-state index is 14.3. The zero-order valence-corrected chi connectivity index (χ0v) is 87.2. The number of carbonyl (C=O) groups is 4. The SMILES string of the molecule is CN(C)CCc1c[nH]c2ccc(NS(=O)(=O)c3ccc4c(Cl)cccc4c3)cc12.CN1CCN(c2cccc3cc(S(=O)(=O)c4cccc(F)c4)cnc23)CC1.COCC[C@H]1CN(C2=Nc3ccc(F)cc3Nc3sc(C)cc32)CCN1C.COc1ccc(C2(C)C(=O)c3c(N4CCNCC4)cc(Cl)cc3N(Cc3ccccc3)C2=O)cc1.Nc1ccc(S(=O)(=O)n2c3c(c4ccccc42)CCCC3)cc1.O=C(O)C(=O)O. The zero-order chi connectivity index (χ0) is 104. The molecule has 11 aromatic carbocycles. The highest BCUT2D eigenvalue weighted by Gasteiger charge is 2.52. The fourth-order valence-corrected chi connectivity index (χ4v) is 24.3. The lowest BCUT2D eigenvalue weighted by molar-refractivity contribution is -0.159. The summed E-state index contributed by atoms with van der Waals surface area (Å²) in [6.45, 7) is 15.5. The summed E-state index contributed by atoms with van der Waals surface area (Å²) in [6.07, 6.45) is 9.12. The summed E-state index contributed by atoms with van der Waals surface area (Å²) in [7, 11) is 0.519. The lowest BCUT2D eigenvalue weighted by Gasteiger charge is -2.42. The van der Waals surface area contributed by atoms with Crippen LogP contribution in [0.4, 0.5) is 53.6 Å². The number of piperazine rings is 3. The number of methoxy groups -OCH3 is 2. The van der Waals surface area contributed by atoms with Crippen LogP contribution < -0.4 is 40.5 Å². The smallest absolute Gasteiger partial charge is 0.414 e. The van der Waals surface area contributed by atoms with Crippen LogP contribution in [0.15, 0.2) is 280 Å². The van der Waals surface area contributed by atoms with Crippen LogP contribution >= 0.6 is 34.5 Å². The van der Waals surface area contributed by atoms with Gasteiger partial charge in [-0.1, -0.05) is 120 Å². The van der Waals surface area contributed by atoms with Crippen molar-refractivity contribution >= 4 is 182 Å². The van der Waals surface area contributed by atoms with Gasteiger partial charge in [0.25, 0.3) is 20.0 Å². The molecule has 2 atom stereocenters. The van der Waals surface area contributed by atoms with Crippen molar-refractivity contribution in [2.24, 2.45) is 4.99 Å². The number of aromatic nitrogens is 3. The average molecular weight is 2110 g/mol. The van der Waals surface area contributed by atoms with Crippen LogP contribution in [0.5, 0.6) is 5.75 Å². The largest absolute Gasteiger partial charge is 0.497 e. The number of pyridine rings is 1. The van der Waals surface area contributed by atoms with Crippen LogP contribution in [0.25, 0.3) is 43.5 Å². The predicted octanol–water partition coefficient (Wildman–Crippen LogP) is 18.8. The quantitative estimate of drug-likeness (QED) is 0.0225. The average Bonchev–Trinajstić information content (AvgIpc) is 1.71. The second-order valence-corrected chi connectivity index (χ2v) is 44.5. The first-order valence-electron chi connectivity index (χ1n) is 48.0. The van der Waals surface area contributed by atoms with Crippen LogP contribution in [0, 0.1) is 18.6 Å². The summed E-state index contributed by atoms with van der Waals surface area (Å²) in [6, 6.07) is 70.5. The van der Waals surface area contributed by atoms with Crippen molar-refractivity contribution in [2.75, 3.05) is 158 Å². The number of amides is 1. The fourth-order valence-electron chi connectivity index (χ4n) is 18.9. The number of nitrogens with one attached hydrogen (secondary N) is 4. The number of thiophene rings is 1. The van der Waals surface area contributed by atoms with Crippen molar-refractivity contribution < 1.29 is 72.9 Å². The first-order valence-corrected chi connectivity index (χ1v) is 54.0. The lowest BCUT2D eigenvalue weighted by atomic mass is 9.71. The number of H-pyrrole nitrogens is 1. The standard InChI is InChI=1S/C28H28ClN3O3.C22H22ClN3O2S.C20H25FN4OS.C20H20FN3O2S.C18H18N2O2S.C2H2O4/c1-28(20-8-10-22(35-2)11-9-20)26(33)25-23(31-14-12-30-13-15-31)16-21(29)17-24(25)32(27(28)34)18-19-6-4-3-5-7-19;1-26(2)11-10-16-14-24-22-9-6-17(13-20(16)22)25-29(27,28)18-7-8-19-15(12-18)4-3-5-21(19)23;1-13-10-16-19(25-8-7-24(2)15(12-25)6-9-26-3)22-17-5-4-14(21)11-18(17)23-20(16)27-13;1-23-8-10-24(11-9-23)19-7-2-4-15-12-18(14-22-20(15)19)27(25,26)17-6-3-5-16(21)13-17;19-13-9-11-14(12-10-13)23(21,22)20-17-7-3-1-5-15(17)16-6-2-4-8-18(16)20;3-1(4)2(5)6/h3-11,16-17,30H,12-15,18H2,1-2H3;3-9,12-14,24-25H,10-11H2,1-2H3;4-5,10-11,15,23H,6-9,12H2,1-3H3;2-7,12-14H,8-11H2,1H3;1,3,5,7,9-12H,2,4,6,8,19H2;(H,3,4)(H,5,6)/t;;15-;;;/m..0.../s1. The molecule has 37 heteroatoms. The van der Waals surface area contributed by atoms with Gasteiger partial charge in [0.05, 0.1) is 83.8 Å². The maximum Gasteiger partial charge on any atom is 0.414 e. The Hall–Kier alpha value is -13.7. The van der Waals surface area contributed by atoms with Gasteiger partial charge in [0, 0.05) is 170 Å². The number of ether oxygens (including phenoxy) is 2. The van der Waals surface area contributed by atoms with E-state index in [1.54, 1.807) is 138 Å². The highest BCUT2D eigenvalue weighted by atomic mass is 35.5. The molecular weight excluding hydrogens is 1990 g/mol. The molecule has 6 aliphatic rings. The number of sulfone groups is 1. The zero-order valence-electron chi connectivity index (χ0n) is 82.5. The highest BCUT2D eigenvalue weighted by Crippen LogP contribution is 2.48. The number of likely N-dealkylation sites (N-methyl/N-ethyl adjacent to an activating group) is 3. The highest BCUT2D eigenvalue weighted by molar-refractivity contribution is 7.92. The summed E-state index contributed by atoms with van der Waals surface area (Å²) >= 11 is 14.5. The van der Waals surface area contributed by atoms with E-state index in [1.807, 2.05) is 123 Å². The number of halogens is 4. The summed E-state index contributed by atoms with van der Waals surface area (Å²) < 4.78 is 120. The number of rotatable bonds is 19. The Morgan fingerprint density at radius 2 is 1.33 bits per heavy atom. The molecule has 0 radical (unpaired) electrons. The van der Waals surface area contributed by atoms with Gasteiger partial charge >= 0.3 is 11.9 Å². The topological polar surface area (TPSA) is 360 Å². The summed E-state index contributed by atoms with van der Waals surface area (Å²) in [5.74, 6) is -3.32.